The molecular weight excluding hydrogens is 266 g/mol. The first kappa shape index (κ1) is 15.6. The summed E-state index contributed by atoms with van der Waals surface area (Å²) in [5.74, 6) is 1.53. The van der Waals surface area contributed by atoms with Gasteiger partial charge in [-0.15, -0.1) is 11.6 Å². The molecule has 0 N–H and O–H groups in total. The fourth-order valence-corrected chi connectivity index (χ4v) is 2.04. The van der Waals surface area contributed by atoms with Crippen LogP contribution in [0.3, 0.4) is 0 Å². The van der Waals surface area contributed by atoms with Crippen molar-refractivity contribution in [2.24, 2.45) is 0 Å². The van der Waals surface area contributed by atoms with E-state index >= 15 is 0 Å². The maximum absolute atomic E-state index is 12.5. The summed E-state index contributed by atoms with van der Waals surface area (Å²) in [7, 11) is 3.12. The Hall–Kier alpha value is -1.42. The zero-order chi connectivity index (χ0) is 14.3. The fraction of sp³-hybridized carbons (Fsp3) is 0.500. The molecule has 0 saturated carbocycles. The molecule has 0 saturated heterocycles. The van der Waals surface area contributed by atoms with Crippen molar-refractivity contribution in [2.75, 3.05) is 33.2 Å². The summed E-state index contributed by atoms with van der Waals surface area (Å²) < 4.78 is 10.4. The van der Waals surface area contributed by atoms with Gasteiger partial charge in [-0.2, -0.15) is 0 Å². The Morgan fingerprint density at radius 3 is 2.53 bits per heavy atom. The highest BCUT2D eigenvalue weighted by Crippen LogP contribution is 2.25. The van der Waals surface area contributed by atoms with Crippen LogP contribution in [0.15, 0.2) is 18.2 Å². The number of hydrogen-bond donors (Lipinski definition) is 0. The lowest BCUT2D eigenvalue weighted by Crippen LogP contribution is -2.33. The van der Waals surface area contributed by atoms with Gasteiger partial charge in [0.15, 0.2) is 0 Å². The molecule has 0 fully saturated rings. The smallest absolute Gasteiger partial charge is 0.257 e. The molecule has 5 heteroatoms. The number of rotatable bonds is 7. The highest BCUT2D eigenvalue weighted by molar-refractivity contribution is 6.18. The monoisotopic (exact) mass is 285 g/mol. The zero-order valence-electron chi connectivity index (χ0n) is 11.6. The maximum Gasteiger partial charge on any atom is 0.257 e. The lowest BCUT2D eigenvalue weighted by Gasteiger charge is -2.22. The first-order valence-electron chi connectivity index (χ1n) is 6.25. The van der Waals surface area contributed by atoms with Crippen molar-refractivity contribution in [1.82, 2.24) is 4.90 Å². The summed E-state index contributed by atoms with van der Waals surface area (Å²) >= 11 is 5.74. The minimum atomic E-state index is -0.0676. The van der Waals surface area contributed by atoms with Crippen LogP contribution in [0.1, 0.15) is 23.7 Å². The van der Waals surface area contributed by atoms with Crippen LogP contribution < -0.4 is 9.47 Å². The molecule has 0 atom stereocenters. The van der Waals surface area contributed by atoms with Crippen LogP contribution >= 0.6 is 11.6 Å². The molecule has 0 aliphatic carbocycles. The number of hydrogen-bond acceptors (Lipinski definition) is 3. The highest BCUT2D eigenvalue weighted by Gasteiger charge is 2.19. The van der Waals surface area contributed by atoms with Crippen LogP contribution in [0.5, 0.6) is 11.5 Å². The van der Waals surface area contributed by atoms with Crippen LogP contribution in [0, 0.1) is 0 Å². The number of alkyl halides is 1. The number of methoxy groups -OCH3 is 2. The molecule has 0 aliphatic heterocycles. The minimum Gasteiger partial charge on any atom is -0.497 e. The van der Waals surface area contributed by atoms with E-state index in [4.69, 9.17) is 21.1 Å². The number of carbonyl (C=O) groups is 1. The lowest BCUT2D eigenvalue weighted by atomic mass is 10.1. The first-order chi connectivity index (χ1) is 9.17. The summed E-state index contributed by atoms with van der Waals surface area (Å²) in [4.78, 5) is 14.2. The van der Waals surface area contributed by atoms with Crippen LogP contribution in [0.2, 0.25) is 0 Å². The van der Waals surface area contributed by atoms with Crippen molar-refractivity contribution in [2.45, 2.75) is 13.3 Å². The molecule has 0 unspecified atom stereocenters. The quantitative estimate of drug-likeness (QED) is 0.723. The molecule has 1 aromatic carbocycles. The second-order valence-corrected chi connectivity index (χ2v) is 4.43. The fourth-order valence-electron chi connectivity index (χ4n) is 1.83. The molecule has 0 bridgehead atoms. The Morgan fingerprint density at radius 1 is 1.26 bits per heavy atom. The van der Waals surface area contributed by atoms with E-state index in [0.717, 1.165) is 6.42 Å². The van der Waals surface area contributed by atoms with Crippen molar-refractivity contribution >= 4 is 17.5 Å². The Labute approximate surface area is 119 Å². The predicted octanol–water partition coefficient (Wildman–Crippen LogP) is 2.79. The zero-order valence-corrected chi connectivity index (χ0v) is 12.4. The summed E-state index contributed by atoms with van der Waals surface area (Å²) in [6.07, 6.45) is 0.890. The average Bonchev–Trinajstić information content (AvgIpc) is 2.45. The van der Waals surface area contributed by atoms with Crippen molar-refractivity contribution in [3.63, 3.8) is 0 Å². The van der Waals surface area contributed by atoms with E-state index in [-0.39, 0.29) is 5.91 Å². The second kappa shape index (κ2) is 7.89. The summed E-state index contributed by atoms with van der Waals surface area (Å²) in [6, 6.07) is 5.18. The van der Waals surface area contributed by atoms with Crippen LogP contribution in [-0.4, -0.2) is 44.0 Å². The van der Waals surface area contributed by atoms with E-state index in [9.17, 15) is 4.79 Å². The Kier molecular flexibility index (Phi) is 6.50. The van der Waals surface area contributed by atoms with Gasteiger partial charge in [0.1, 0.15) is 11.5 Å². The average molecular weight is 286 g/mol. The molecule has 4 nitrogen and oxygen atoms in total. The van der Waals surface area contributed by atoms with Gasteiger partial charge in [0, 0.05) is 25.0 Å². The van der Waals surface area contributed by atoms with E-state index in [1.54, 1.807) is 30.2 Å². The van der Waals surface area contributed by atoms with Gasteiger partial charge in [0.25, 0.3) is 5.91 Å². The minimum absolute atomic E-state index is 0.0676. The van der Waals surface area contributed by atoms with Gasteiger partial charge in [0.2, 0.25) is 0 Å². The summed E-state index contributed by atoms with van der Waals surface area (Å²) in [5.41, 5.74) is 0.530. The van der Waals surface area contributed by atoms with Gasteiger partial charge in [-0.3, -0.25) is 4.79 Å². The summed E-state index contributed by atoms with van der Waals surface area (Å²) in [6.45, 7) is 3.24. The normalized spacial score (nSPS) is 10.1. The molecule has 1 aromatic rings. The van der Waals surface area contributed by atoms with Gasteiger partial charge in [-0.1, -0.05) is 6.92 Å². The van der Waals surface area contributed by atoms with E-state index in [0.29, 0.717) is 36.0 Å². The van der Waals surface area contributed by atoms with Gasteiger partial charge < -0.3 is 14.4 Å². The van der Waals surface area contributed by atoms with Crippen LogP contribution in [0.25, 0.3) is 0 Å². The standard InChI is InChI=1S/C14H20ClNO3/c1-4-8-16(9-7-15)14(17)12-6-5-11(18-2)10-13(12)19-3/h5-6,10H,4,7-9H2,1-3H3. The van der Waals surface area contributed by atoms with E-state index in [2.05, 4.69) is 0 Å². The van der Waals surface area contributed by atoms with Crippen molar-refractivity contribution in [3.8, 4) is 11.5 Å². The SMILES string of the molecule is CCCN(CCCl)C(=O)c1ccc(OC)cc1OC. The molecule has 106 valence electrons. The predicted molar refractivity (Wildman–Crippen MR) is 76.5 cm³/mol. The molecule has 0 aliphatic rings. The number of nitrogens with zero attached hydrogens (tertiary/aromatic N) is 1. The van der Waals surface area contributed by atoms with Crippen molar-refractivity contribution in [3.05, 3.63) is 23.8 Å². The topological polar surface area (TPSA) is 38.8 Å². The summed E-state index contributed by atoms with van der Waals surface area (Å²) in [5, 5.41) is 0. The molecule has 0 radical (unpaired) electrons. The van der Waals surface area contributed by atoms with Crippen LogP contribution in [0.4, 0.5) is 0 Å². The molecule has 19 heavy (non-hydrogen) atoms. The molecule has 1 amide bonds. The third kappa shape index (κ3) is 4.03. The van der Waals surface area contributed by atoms with Gasteiger partial charge in [-0.05, 0) is 18.6 Å². The molecule has 0 aromatic heterocycles. The molecule has 0 heterocycles. The number of amides is 1. The largest absolute Gasteiger partial charge is 0.497 e. The molecular formula is C14H20ClNO3. The van der Waals surface area contributed by atoms with E-state index in [1.807, 2.05) is 6.92 Å². The van der Waals surface area contributed by atoms with Gasteiger partial charge in [-0.25, -0.2) is 0 Å². The second-order valence-electron chi connectivity index (χ2n) is 4.05. The lowest BCUT2D eigenvalue weighted by molar-refractivity contribution is 0.0762. The highest BCUT2D eigenvalue weighted by atomic mass is 35.5. The van der Waals surface area contributed by atoms with Crippen LogP contribution in [-0.2, 0) is 0 Å². The molecule has 1 rings (SSSR count). The number of benzene rings is 1. The number of halogens is 1. The van der Waals surface area contributed by atoms with E-state index in [1.165, 1.54) is 7.11 Å². The number of carbonyl (C=O) groups excluding carboxylic acids is 1. The maximum atomic E-state index is 12.5. The Bertz CT molecular complexity index is 417. The van der Waals surface area contributed by atoms with Crippen molar-refractivity contribution in [1.29, 1.82) is 0 Å². The first-order valence-corrected chi connectivity index (χ1v) is 6.78. The molecule has 0 spiro atoms. The van der Waals surface area contributed by atoms with Gasteiger partial charge in [0.05, 0.1) is 19.8 Å². The Morgan fingerprint density at radius 2 is 2.00 bits per heavy atom. The van der Waals surface area contributed by atoms with Crippen molar-refractivity contribution < 1.29 is 14.3 Å². The number of ether oxygens (including phenoxy) is 2. The third-order valence-corrected chi connectivity index (χ3v) is 2.94. The van der Waals surface area contributed by atoms with Gasteiger partial charge >= 0.3 is 0 Å². The van der Waals surface area contributed by atoms with E-state index < -0.39 is 0 Å². The third-order valence-electron chi connectivity index (χ3n) is 2.77. The Balaban J connectivity index is 3.02.